The molecular weight excluding hydrogens is 234 g/mol. The molecule has 0 saturated carbocycles. The molecule has 0 bridgehead atoms. The average Bonchev–Trinajstić information content (AvgIpc) is 2.35. The largest absolute Gasteiger partial charge is 0.496 e. The number of hydrogen-bond acceptors (Lipinski definition) is 4. The second-order valence-electron chi connectivity index (χ2n) is 3.81. The number of pyridine rings is 1. The van der Waals surface area contributed by atoms with E-state index in [2.05, 4.69) is 4.98 Å². The Kier molecular flexibility index (Phi) is 3.06. The molecular formula is C13H13NO4. The van der Waals surface area contributed by atoms with Crippen LogP contribution in [0.5, 0.6) is 11.5 Å². The van der Waals surface area contributed by atoms with Crippen LogP contribution >= 0.6 is 0 Å². The fourth-order valence-electron chi connectivity index (χ4n) is 1.91. The molecule has 0 aliphatic carbocycles. The van der Waals surface area contributed by atoms with Gasteiger partial charge in [-0.25, -0.2) is 9.78 Å². The molecule has 18 heavy (non-hydrogen) atoms. The maximum atomic E-state index is 11.2. The minimum absolute atomic E-state index is 0.148. The van der Waals surface area contributed by atoms with Crippen molar-refractivity contribution in [3.05, 3.63) is 29.5 Å². The number of methoxy groups -OCH3 is 2. The summed E-state index contributed by atoms with van der Waals surface area (Å²) in [5, 5.41) is 9.67. The molecule has 2 aromatic rings. The smallest absolute Gasteiger partial charge is 0.336 e. The van der Waals surface area contributed by atoms with Gasteiger partial charge in [0.05, 0.1) is 25.2 Å². The number of aromatic carboxylic acids is 1. The van der Waals surface area contributed by atoms with Gasteiger partial charge in [-0.05, 0) is 19.1 Å². The van der Waals surface area contributed by atoms with E-state index in [0.29, 0.717) is 22.4 Å². The first-order valence-electron chi connectivity index (χ1n) is 5.34. The first-order chi connectivity index (χ1) is 8.58. The minimum Gasteiger partial charge on any atom is -0.496 e. The molecule has 0 aliphatic rings. The summed E-state index contributed by atoms with van der Waals surface area (Å²) in [4.78, 5) is 15.6. The van der Waals surface area contributed by atoms with Gasteiger partial charge in [-0.2, -0.15) is 0 Å². The minimum atomic E-state index is -1.02. The number of hydrogen-bond donors (Lipinski definition) is 1. The van der Waals surface area contributed by atoms with Crippen molar-refractivity contribution in [3.63, 3.8) is 0 Å². The number of fused-ring (bicyclic) bond motifs is 1. The predicted molar refractivity (Wildman–Crippen MR) is 66.5 cm³/mol. The van der Waals surface area contributed by atoms with Crippen LogP contribution in [0.15, 0.2) is 18.2 Å². The standard InChI is InChI=1S/C13H13NO4/c1-7-6-10(18-3)11-8(13(15)16)4-5-9(17-2)12(11)14-7/h4-6H,1-3H3,(H,15,16). The molecule has 0 aliphatic heterocycles. The SMILES string of the molecule is COc1ccc(C(=O)O)c2c(OC)cc(C)nc12. The third-order valence-electron chi connectivity index (χ3n) is 2.69. The maximum Gasteiger partial charge on any atom is 0.336 e. The molecule has 1 heterocycles. The van der Waals surface area contributed by atoms with Gasteiger partial charge in [0.15, 0.2) is 0 Å². The van der Waals surface area contributed by atoms with Gasteiger partial charge in [-0.1, -0.05) is 0 Å². The van der Waals surface area contributed by atoms with E-state index in [0.717, 1.165) is 5.69 Å². The van der Waals surface area contributed by atoms with Gasteiger partial charge >= 0.3 is 5.97 Å². The second kappa shape index (κ2) is 4.52. The zero-order chi connectivity index (χ0) is 13.3. The molecule has 0 atom stereocenters. The summed E-state index contributed by atoms with van der Waals surface area (Å²) in [6.45, 7) is 1.81. The van der Waals surface area contributed by atoms with Gasteiger partial charge in [0.2, 0.25) is 0 Å². The first kappa shape index (κ1) is 12.2. The quantitative estimate of drug-likeness (QED) is 0.900. The van der Waals surface area contributed by atoms with Crippen molar-refractivity contribution < 1.29 is 19.4 Å². The highest BCUT2D eigenvalue weighted by Gasteiger charge is 2.17. The highest BCUT2D eigenvalue weighted by molar-refractivity contribution is 6.07. The van der Waals surface area contributed by atoms with Gasteiger partial charge in [-0.15, -0.1) is 0 Å². The van der Waals surface area contributed by atoms with Gasteiger partial charge in [0, 0.05) is 11.8 Å². The van der Waals surface area contributed by atoms with Crippen LogP contribution in [0.2, 0.25) is 0 Å². The molecule has 1 aromatic carbocycles. The first-order valence-corrected chi connectivity index (χ1v) is 5.34. The Labute approximate surface area is 104 Å². The molecule has 0 amide bonds. The van der Waals surface area contributed by atoms with E-state index >= 15 is 0 Å². The third-order valence-corrected chi connectivity index (χ3v) is 2.69. The van der Waals surface area contributed by atoms with Crippen molar-refractivity contribution in [1.29, 1.82) is 0 Å². The van der Waals surface area contributed by atoms with Crippen LogP contribution in [0, 0.1) is 6.92 Å². The van der Waals surface area contributed by atoms with Crippen LogP contribution in [0.1, 0.15) is 16.1 Å². The fraction of sp³-hybridized carbons (Fsp3) is 0.231. The highest BCUT2D eigenvalue weighted by atomic mass is 16.5. The highest BCUT2D eigenvalue weighted by Crippen LogP contribution is 2.34. The Morgan fingerprint density at radius 3 is 2.44 bits per heavy atom. The Morgan fingerprint density at radius 2 is 1.89 bits per heavy atom. The van der Waals surface area contributed by atoms with Crippen LogP contribution in [0.25, 0.3) is 10.9 Å². The van der Waals surface area contributed by atoms with Gasteiger partial charge in [-0.3, -0.25) is 0 Å². The molecule has 0 saturated heterocycles. The second-order valence-corrected chi connectivity index (χ2v) is 3.81. The zero-order valence-corrected chi connectivity index (χ0v) is 10.4. The molecule has 2 rings (SSSR count). The maximum absolute atomic E-state index is 11.2. The monoisotopic (exact) mass is 247 g/mol. The van der Waals surface area contributed by atoms with E-state index in [1.807, 2.05) is 6.92 Å². The van der Waals surface area contributed by atoms with E-state index in [4.69, 9.17) is 9.47 Å². The molecule has 0 radical (unpaired) electrons. The number of carbonyl (C=O) groups is 1. The molecule has 0 fully saturated rings. The van der Waals surface area contributed by atoms with Crippen LogP contribution in [-0.4, -0.2) is 30.3 Å². The van der Waals surface area contributed by atoms with E-state index < -0.39 is 5.97 Å². The zero-order valence-electron chi connectivity index (χ0n) is 10.4. The van der Waals surface area contributed by atoms with Gasteiger partial charge < -0.3 is 14.6 Å². The Hall–Kier alpha value is -2.30. The predicted octanol–water partition coefficient (Wildman–Crippen LogP) is 2.26. The summed E-state index contributed by atoms with van der Waals surface area (Å²) < 4.78 is 10.4. The number of rotatable bonds is 3. The van der Waals surface area contributed by atoms with Crippen molar-refractivity contribution in [3.8, 4) is 11.5 Å². The normalized spacial score (nSPS) is 10.4. The number of ether oxygens (including phenoxy) is 2. The van der Waals surface area contributed by atoms with Crippen molar-refractivity contribution >= 4 is 16.9 Å². The van der Waals surface area contributed by atoms with Crippen LogP contribution < -0.4 is 9.47 Å². The van der Waals surface area contributed by atoms with E-state index in [1.165, 1.54) is 20.3 Å². The lowest BCUT2D eigenvalue weighted by Crippen LogP contribution is -2.02. The topological polar surface area (TPSA) is 68.7 Å². The Morgan fingerprint density at radius 1 is 1.22 bits per heavy atom. The number of carboxylic acids is 1. The number of nitrogens with zero attached hydrogens (tertiary/aromatic N) is 1. The van der Waals surface area contributed by atoms with Crippen LogP contribution in [-0.2, 0) is 0 Å². The van der Waals surface area contributed by atoms with E-state index in [1.54, 1.807) is 12.1 Å². The summed E-state index contributed by atoms with van der Waals surface area (Å²) in [5.41, 5.74) is 1.38. The summed E-state index contributed by atoms with van der Waals surface area (Å²) in [6, 6.07) is 4.79. The Bertz CT molecular complexity index is 622. The molecule has 5 nitrogen and oxygen atoms in total. The van der Waals surface area contributed by atoms with Crippen molar-refractivity contribution in [2.45, 2.75) is 6.92 Å². The Balaban J connectivity index is 2.95. The lowest BCUT2D eigenvalue weighted by Gasteiger charge is -2.11. The third kappa shape index (κ3) is 1.84. The number of aromatic nitrogens is 1. The summed E-state index contributed by atoms with van der Waals surface area (Å²) in [5.74, 6) is -0.0163. The van der Waals surface area contributed by atoms with E-state index in [-0.39, 0.29) is 5.56 Å². The summed E-state index contributed by atoms with van der Waals surface area (Å²) >= 11 is 0. The fourth-order valence-corrected chi connectivity index (χ4v) is 1.91. The molecule has 5 heteroatoms. The number of carboxylic acid groups (broad SMARTS) is 1. The number of benzene rings is 1. The van der Waals surface area contributed by atoms with Gasteiger partial charge in [0.25, 0.3) is 0 Å². The molecule has 94 valence electrons. The van der Waals surface area contributed by atoms with E-state index in [9.17, 15) is 9.90 Å². The van der Waals surface area contributed by atoms with Crippen LogP contribution in [0.4, 0.5) is 0 Å². The van der Waals surface area contributed by atoms with Gasteiger partial charge in [0.1, 0.15) is 17.0 Å². The molecule has 1 N–H and O–H groups in total. The lowest BCUT2D eigenvalue weighted by atomic mass is 10.1. The summed E-state index contributed by atoms with van der Waals surface area (Å²) in [6.07, 6.45) is 0. The number of aryl methyl sites for hydroxylation is 1. The molecule has 1 aromatic heterocycles. The average molecular weight is 247 g/mol. The molecule has 0 unspecified atom stereocenters. The van der Waals surface area contributed by atoms with Crippen molar-refractivity contribution in [2.24, 2.45) is 0 Å². The van der Waals surface area contributed by atoms with Crippen molar-refractivity contribution in [2.75, 3.05) is 14.2 Å². The summed E-state index contributed by atoms with van der Waals surface area (Å²) in [7, 11) is 3.02. The van der Waals surface area contributed by atoms with Crippen LogP contribution in [0.3, 0.4) is 0 Å². The molecule has 0 spiro atoms. The lowest BCUT2D eigenvalue weighted by molar-refractivity contribution is 0.0699. The van der Waals surface area contributed by atoms with Crippen molar-refractivity contribution in [1.82, 2.24) is 4.98 Å².